The average molecular weight is 415 g/mol. The van der Waals surface area contributed by atoms with Crippen LogP contribution in [0.1, 0.15) is 58.1 Å². The van der Waals surface area contributed by atoms with Crippen molar-refractivity contribution in [3.8, 4) is 0 Å². The largest absolute Gasteiger partial charge is 0.444 e. The lowest BCUT2D eigenvalue weighted by Gasteiger charge is -2.53. The van der Waals surface area contributed by atoms with E-state index in [9.17, 15) is 14.4 Å². The second kappa shape index (κ2) is 7.56. The molecule has 1 aromatic heterocycles. The molecule has 4 heterocycles. The van der Waals surface area contributed by atoms with Gasteiger partial charge in [-0.2, -0.15) is 0 Å². The van der Waals surface area contributed by atoms with Crippen molar-refractivity contribution in [1.29, 1.82) is 0 Å². The molecule has 1 spiro atoms. The first-order valence-corrected chi connectivity index (χ1v) is 10.7. The number of nitrogens with zero attached hydrogens (tertiary/aromatic N) is 3. The summed E-state index contributed by atoms with van der Waals surface area (Å²) in [6.07, 6.45) is 4.53. The molecule has 3 fully saturated rings. The maximum atomic E-state index is 12.2. The van der Waals surface area contributed by atoms with Gasteiger partial charge in [0.25, 0.3) is 0 Å². The van der Waals surface area contributed by atoms with E-state index in [1.807, 2.05) is 39.1 Å². The molecule has 3 aliphatic heterocycles. The van der Waals surface area contributed by atoms with Crippen LogP contribution in [-0.2, 0) is 14.3 Å². The van der Waals surface area contributed by atoms with Gasteiger partial charge in [-0.1, -0.05) is 0 Å². The SMILES string of the molecule is CC(C)(C)OC(=O)N1CC2(CCN(c3ccc(C4CCC(=O)NC4=O)nc3)CC2)C1. The van der Waals surface area contributed by atoms with Crippen LogP contribution in [0.25, 0.3) is 0 Å². The number of piperidine rings is 2. The molecule has 3 aliphatic rings. The van der Waals surface area contributed by atoms with Gasteiger partial charge in [-0.15, -0.1) is 0 Å². The van der Waals surface area contributed by atoms with Crippen LogP contribution < -0.4 is 10.2 Å². The number of amides is 3. The van der Waals surface area contributed by atoms with Gasteiger partial charge < -0.3 is 14.5 Å². The second-order valence-corrected chi connectivity index (χ2v) is 9.77. The Morgan fingerprint density at radius 3 is 2.47 bits per heavy atom. The number of imide groups is 1. The summed E-state index contributed by atoms with van der Waals surface area (Å²) in [6.45, 7) is 9.03. The molecule has 0 saturated carbocycles. The minimum atomic E-state index is -0.462. The molecule has 1 atom stereocenters. The van der Waals surface area contributed by atoms with E-state index in [0.717, 1.165) is 44.7 Å². The van der Waals surface area contributed by atoms with Crippen LogP contribution in [0.5, 0.6) is 0 Å². The predicted octanol–water partition coefficient (Wildman–Crippen LogP) is 2.44. The number of aromatic nitrogens is 1. The van der Waals surface area contributed by atoms with Crippen molar-refractivity contribution in [1.82, 2.24) is 15.2 Å². The van der Waals surface area contributed by atoms with Crippen LogP contribution in [0.15, 0.2) is 18.3 Å². The summed E-state index contributed by atoms with van der Waals surface area (Å²) < 4.78 is 5.46. The highest BCUT2D eigenvalue weighted by atomic mass is 16.6. The predicted molar refractivity (Wildman–Crippen MR) is 111 cm³/mol. The highest BCUT2D eigenvalue weighted by molar-refractivity contribution is 6.00. The number of hydrogen-bond acceptors (Lipinski definition) is 6. The quantitative estimate of drug-likeness (QED) is 0.748. The van der Waals surface area contributed by atoms with Crippen molar-refractivity contribution < 1.29 is 19.1 Å². The molecule has 8 nitrogen and oxygen atoms in total. The Hall–Kier alpha value is -2.64. The van der Waals surface area contributed by atoms with Crippen molar-refractivity contribution in [2.24, 2.45) is 5.41 Å². The molecule has 3 amide bonds. The highest BCUT2D eigenvalue weighted by Crippen LogP contribution is 2.42. The molecule has 30 heavy (non-hydrogen) atoms. The van der Waals surface area contributed by atoms with Crippen molar-refractivity contribution in [2.45, 2.75) is 58.0 Å². The van der Waals surface area contributed by atoms with Crippen LogP contribution in [0.3, 0.4) is 0 Å². The number of hydrogen-bond donors (Lipinski definition) is 1. The normalized spacial score (nSPS) is 23.8. The lowest BCUT2D eigenvalue weighted by molar-refractivity contribution is -0.134. The average Bonchev–Trinajstić information content (AvgIpc) is 2.65. The van der Waals surface area contributed by atoms with Gasteiger partial charge in [0.05, 0.1) is 23.5 Å². The number of ether oxygens (including phenoxy) is 1. The maximum absolute atomic E-state index is 12.2. The molecule has 3 saturated heterocycles. The van der Waals surface area contributed by atoms with Crippen LogP contribution in [0.4, 0.5) is 10.5 Å². The van der Waals surface area contributed by atoms with E-state index in [0.29, 0.717) is 18.5 Å². The van der Waals surface area contributed by atoms with Gasteiger partial charge in [-0.25, -0.2) is 4.79 Å². The van der Waals surface area contributed by atoms with E-state index in [4.69, 9.17) is 4.74 Å². The van der Waals surface area contributed by atoms with E-state index in [1.165, 1.54) is 0 Å². The third-order valence-corrected chi connectivity index (χ3v) is 6.26. The zero-order valence-electron chi connectivity index (χ0n) is 17.9. The second-order valence-electron chi connectivity index (χ2n) is 9.77. The summed E-state index contributed by atoms with van der Waals surface area (Å²) in [5.41, 5.74) is 1.50. The Kier molecular flexibility index (Phi) is 5.20. The smallest absolute Gasteiger partial charge is 0.410 e. The number of carbonyl (C=O) groups is 3. The van der Waals surface area contributed by atoms with Crippen molar-refractivity contribution in [3.05, 3.63) is 24.0 Å². The number of likely N-dealkylation sites (tertiary alicyclic amines) is 1. The first-order valence-electron chi connectivity index (χ1n) is 10.7. The number of rotatable bonds is 2. The van der Waals surface area contributed by atoms with E-state index in [2.05, 4.69) is 15.2 Å². The van der Waals surface area contributed by atoms with Crippen LogP contribution in [0.2, 0.25) is 0 Å². The summed E-state index contributed by atoms with van der Waals surface area (Å²) in [4.78, 5) is 44.2. The Bertz CT molecular complexity index is 830. The van der Waals surface area contributed by atoms with Gasteiger partial charge in [0, 0.05) is 38.0 Å². The van der Waals surface area contributed by atoms with E-state index < -0.39 is 5.60 Å². The van der Waals surface area contributed by atoms with E-state index in [1.54, 1.807) is 4.90 Å². The molecule has 0 bridgehead atoms. The molecule has 8 heteroatoms. The van der Waals surface area contributed by atoms with Crippen molar-refractivity contribution in [3.63, 3.8) is 0 Å². The van der Waals surface area contributed by atoms with Gasteiger partial charge in [-0.3, -0.25) is 19.9 Å². The molecule has 1 unspecified atom stereocenters. The lowest BCUT2D eigenvalue weighted by atomic mass is 9.72. The van der Waals surface area contributed by atoms with E-state index >= 15 is 0 Å². The number of pyridine rings is 1. The summed E-state index contributed by atoms with van der Waals surface area (Å²) >= 11 is 0. The topological polar surface area (TPSA) is 91.8 Å². The first kappa shape index (κ1) is 20.6. The Morgan fingerprint density at radius 1 is 1.20 bits per heavy atom. The first-order chi connectivity index (χ1) is 14.1. The fraction of sp³-hybridized carbons (Fsp3) is 0.636. The molecule has 0 aliphatic carbocycles. The monoisotopic (exact) mass is 414 g/mol. The summed E-state index contributed by atoms with van der Waals surface area (Å²) in [6, 6.07) is 3.91. The minimum absolute atomic E-state index is 0.202. The fourth-order valence-electron chi connectivity index (χ4n) is 4.54. The molecule has 0 radical (unpaired) electrons. The zero-order chi connectivity index (χ0) is 21.5. The molecular formula is C22H30N4O4. The minimum Gasteiger partial charge on any atom is -0.444 e. The van der Waals surface area contributed by atoms with E-state index in [-0.39, 0.29) is 29.2 Å². The maximum Gasteiger partial charge on any atom is 0.410 e. The summed E-state index contributed by atoms with van der Waals surface area (Å²) in [5.74, 6) is -0.822. The molecule has 0 aromatic carbocycles. The molecule has 4 rings (SSSR count). The Labute approximate surface area is 177 Å². The lowest BCUT2D eigenvalue weighted by Crippen LogP contribution is -2.62. The number of carbonyl (C=O) groups excluding carboxylic acids is 3. The van der Waals surface area contributed by atoms with Gasteiger partial charge in [0.15, 0.2) is 0 Å². The molecule has 162 valence electrons. The third kappa shape index (κ3) is 4.27. The van der Waals surface area contributed by atoms with Crippen molar-refractivity contribution >= 4 is 23.6 Å². The molecular weight excluding hydrogens is 384 g/mol. The van der Waals surface area contributed by atoms with Gasteiger partial charge in [0.1, 0.15) is 5.60 Å². The Morgan fingerprint density at radius 2 is 1.90 bits per heavy atom. The number of nitrogens with one attached hydrogen (secondary N) is 1. The summed E-state index contributed by atoms with van der Waals surface area (Å²) in [7, 11) is 0. The molecule has 1 aromatic rings. The van der Waals surface area contributed by atoms with Gasteiger partial charge >= 0.3 is 6.09 Å². The fourth-order valence-corrected chi connectivity index (χ4v) is 4.54. The zero-order valence-corrected chi connectivity index (χ0v) is 17.9. The Balaban J connectivity index is 1.29. The van der Waals surface area contributed by atoms with Crippen molar-refractivity contribution in [2.75, 3.05) is 31.1 Å². The van der Waals surface area contributed by atoms with Crippen LogP contribution >= 0.6 is 0 Å². The van der Waals surface area contributed by atoms with Gasteiger partial charge in [-0.05, 0) is 52.2 Å². The van der Waals surface area contributed by atoms with Gasteiger partial charge in [0.2, 0.25) is 11.8 Å². The van der Waals surface area contributed by atoms with Crippen LogP contribution in [-0.4, -0.2) is 59.6 Å². The number of anilines is 1. The third-order valence-electron chi connectivity index (χ3n) is 6.26. The standard InChI is InChI=1S/C22H30N4O4/c1-21(2,3)30-20(29)26-13-22(14-26)8-10-25(11-9-22)15-4-6-17(23-12-15)16-5-7-18(27)24-19(16)28/h4,6,12,16H,5,7-11,13-14H2,1-3H3,(H,24,27,28). The summed E-state index contributed by atoms with van der Waals surface area (Å²) in [5, 5.41) is 2.39. The molecule has 1 N–H and O–H groups in total. The van der Waals surface area contributed by atoms with Crippen LogP contribution in [0, 0.1) is 5.41 Å². The highest BCUT2D eigenvalue weighted by Gasteiger charge is 2.47.